The highest BCUT2D eigenvalue weighted by atomic mass is 17.2. The summed E-state index contributed by atoms with van der Waals surface area (Å²) < 4.78 is 0. The molecule has 0 aromatic heterocycles. The van der Waals surface area contributed by atoms with E-state index in [-0.39, 0.29) is 13.2 Å². The molecule has 3 atom stereocenters. The van der Waals surface area contributed by atoms with Gasteiger partial charge in [0, 0.05) is 0 Å². The van der Waals surface area contributed by atoms with Gasteiger partial charge in [0.2, 0.25) is 0 Å². The molecular weight excluding hydrogens is 140 g/mol. The maximum Gasteiger partial charge on any atom is 0.144 e. The summed E-state index contributed by atoms with van der Waals surface area (Å²) in [6.45, 7) is -0.421. The van der Waals surface area contributed by atoms with E-state index in [1.807, 2.05) is 0 Å². The van der Waals surface area contributed by atoms with Gasteiger partial charge >= 0.3 is 0 Å². The van der Waals surface area contributed by atoms with Gasteiger partial charge < -0.3 is 15.3 Å². The van der Waals surface area contributed by atoms with Crippen molar-refractivity contribution in [3.05, 3.63) is 0 Å². The smallest absolute Gasteiger partial charge is 0.144 e. The maximum absolute atomic E-state index is 9.02. The molecule has 5 heteroatoms. The Labute approximate surface area is 57.7 Å². The zero-order chi connectivity index (χ0) is 7.56. The molecule has 3 unspecified atom stereocenters. The fourth-order valence-electron chi connectivity index (χ4n) is 0.738. The first kappa shape index (κ1) is 7.90. The Bertz CT molecular complexity index is 106. The molecule has 1 heterocycles. The predicted octanol–water partition coefficient (Wildman–Crippen LogP) is -1.97. The molecule has 1 saturated heterocycles. The van der Waals surface area contributed by atoms with Crippen molar-refractivity contribution in [2.75, 3.05) is 13.2 Å². The number of rotatable bonds is 1. The molecule has 60 valence electrons. The van der Waals surface area contributed by atoms with Crippen molar-refractivity contribution in [3.8, 4) is 0 Å². The average Bonchev–Trinajstić information content (AvgIpc) is 1.95. The Balaban J connectivity index is 2.42. The van der Waals surface area contributed by atoms with Crippen LogP contribution in [0.15, 0.2) is 0 Å². The zero-order valence-electron chi connectivity index (χ0n) is 5.30. The summed E-state index contributed by atoms with van der Waals surface area (Å²) in [7, 11) is 0. The first-order chi connectivity index (χ1) is 4.75. The molecule has 0 spiro atoms. The Morgan fingerprint density at radius 2 is 2.10 bits per heavy atom. The van der Waals surface area contributed by atoms with E-state index in [0.29, 0.717) is 0 Å². The Morgan fingerprint density at radius 1 is 1.40 bits per heavy atom. The van der Waals surface area contributed by atoms with Gasteiger partial charge in [-0.15, -0.1) is 0 Å². The van der Waals surface area contributed by atoms with Crippen molar-refractivity contribution >= 4 is 0 Å². The molecule has 10 heavy (non-hydrogen) atoms. The van der Waals surface area contributed by atoms with E-state index in [0.717, 1.165) is 0 Å². The average molecular weight is 150 g/mol. The van der Waals surface area contributed by atoms with Crippen LogP contribution < -0.4 is 0 Å². The van der Waals surface area contributed by atoms with Crippen molar-refractivity contribution in [2.24, 2.45) is 0 Å². The lowest BCUT2D eigenvalue weighted by atomic mass is 10.1. The zero-order valence-corrected chi connectivity index (χ0v) is 5.30. The van der Waals surface area contributed by atoms with E-state index < -0.39 is 18.3 Å². The fraction of sp³-hybridized carbons (Fsp3) is 1.00. The van der Waals surface area contributed by atoms with E-state index in [2.05, 4.69) is 9.78 Å². The minimum Gasteiger partial charge on any atom is -0.393 e. The summed E-state index contributed by atoms with van der Waals surface area (Å²) in [4.78, 5) is 8.84. The minimum atomic E-state index is -1.06. The van der Waals surface area contributed by atoms with Crippen LogP contribution in [0.1, 0.15) is 0 Å². The fourth-order valence-corrected chi connectivity index (χ4v) is 0.738. The van der Waals surface area contributed by atoms with Crippen molar-refractivity contribution in [3.63, 3.8) is 0 Å². The van der Waals surface area contributed by atoms with Crippen LogP contribution in [0.4, 0.5) is 0 Å². The standard InChI is InChI=1S/C5H10O5/c6-1-4-5(8)3(7)2-9-10-4/h3-8H,1-2H2. The summed E-state index contributed by atoms with van der Waals surface area (Å²) in [6, 6.07) is 0. The normalized spacial score (nSPS) is 41.7. The molecule has 1 aliphatic heterocycles. The summed E-state index contributed by atoms with van der Waals surface area (Å²) in [5.74, 6) is 0. The van der Waals surface area contributed by atoms with E-state index >= 15 is 0 Å². The topological polar surface area (TPSA) is 79.2 Å². The summed E-state index contributed by atoms with van der Waals surface area (Å²) in [6.07, 6.45) is -2.85. The van der Waals surface area contributed by atoms with Crippen LogP contribution in [0.25, 0.3) is 0 Å². The third kappa shape index (κ3) is 1.44. The number of aliphatic hydroxyl groups excluding tert-OH is 3. The van der Waals surface area contributed by atoms with Gasteiger partial charge in [0.05, 0.1) is 6.61 Å². The second kappa shape index (κ2) is 3.27. The quantitative estimate of drug-likeness (QED) is 0.378. The first-order valence-electron chi connectivity index (χ1n) is 3.01. The Morgan fingerprint density at radius 3 is 2.60 bits per heavy atom. The van der Waals surface area contributed by atoms with Gasteiger partial charge in [-0.3, -0.25) is 0 Å². The van der Waals surface area contributed by atoms with Crippen molar-refractivity contribution in [1.29, 1.82) is 0 Å². The van der Waals surface area contributed by atoms with Gasteiger partial charge in [-0.1, -0.05) is 0 Å². The largest absolute Gasteiger partial charge is 0.393 e. The molecular formula is C5H10O5. The summed E-state index contributed by atoms with van der Waals surface area (Å²) in [5, 5.41) is 26.4. The number of hydrogen-bond donors (Lipinski definition) is 3. The predicted molar refractivity (Wildman–Crippen MR) is 29.9 cm³/mol. The molecule has 0 aromatic carbocycles. The molecule has 0 amide bonds. The van der Waals surface area contributed by atoms with Gasteiger partial charge in [-0.25, -0.2) is 9.78 Å². The Hall–Kier alpha value is -0.200. The van der Waals surface area contributed by atoms with Gasteiger partial charge in [0.25, 0.3) is 0 Å². The molecule has 1 rings (SSSR count). The molecule has 0 aromatic rings. The third-order valence-corrected chi connectivity index (χ3v) is 1.39. The first-order valence-corrected chi connectivity index (χ1v) is 3.01. The highest BCUT2D eigenvalue weighted by Gasteiger charge is 2.32. The molecule has 0 radical (unpaired) electrons. The van der Waals surface area contributed by atoms with Crippen LogP contribution in [-0.4, -0.2) is 46.8 Å². The van der Waals surface area contributed by atoms with Crippen LogP contribution in [0.5, 0.6) is 0 Å². The maximum atomic E-state index is 9.02. The van der Waals surface area contributed by atoms with Crippen LogP contribution in [-0.2, 0) is 9.78 Å². The lowest BCUT2D eigenvalue weighted by Gasteiger charge is -2.28. The van der Waals surface area contributed by atoms with Gasteiger partial charge in [-0.2, -0.15) is 0 Å². The molecule has 0 saturated carbocycles. The van der Waals surface area contributed by atoms with E-state index in [4.69, 9.17) is 15.3 Å². The van der Waals surface area contributed by atoms with Crippen LogP contribution in [0, 0.1) is 0 Å². The lowest BCUT2D eigenvalue weighted by Crippen LogP contribution is -2.47. The second-order valence-corrected chi connectivity index (χ2v) is 2.16. The van der Waals surface area contributed by atoms with Crippen LogP contribution in [0.2, 0.25) is 0 Å². The molecule has 3 N–H and O–H groups in total. The number of aliphatic hydroxyl groups is 3. The second-order valence-electron chi connectivity index (χ2n) is 2.16. The van der Waals surface area contributed by atoms with Crippen LogP contribution in [0.3, 0.4) is 0 Å². The van der Waals surface area contributed by atoms with E-state index in [9.17, 15) is 0 Å². The van der Waals surface area contributed by atoms with E-state index in [1.165, 1.54) is 0 Å². The van der Waals surface area contributed by atoms with Crippen molar-refractivity contribution < 1.29 is 25.1 Å². The lowest BCUT2D eigenvalue weighted by molar-refractivity contribution is -0.387. The van der Waals surface area contributed by atoms with Crippen molar-refractivity contribution in [2.45, 2.75) is 18.3 Å². The highest BCUT2D eigenvalue weighted by Crippen LogP contribution is 2.10. The van der Waals surface area contributed by atoms with E-state index in [1.54, 1.807) is 0 Å². The molecule has 5 nitrogen and oxygen atoms in total. The molecule has 1 fully saturated rings. The molecule has 0 bridgehead atoms. The van der Waals surface area contributed by atoms with Gasteiger partial charge in [0.15, 0.2) is 0 Å². The molecule has 0 aliphatic carbocycles. The highest BCUT2D eigenvalue weighted by molar-refractivity contribution is 4.76. The SMILES string of the molecule is OCC1OOCC(O)C1O. The van der Waals surface area contributed by atoms with Crippen molar-refractivity contribution in [1.82, 2.24) is 0 Å². The summed E-state index contributed by atoms with van der Waals surface area (Å²) >= 11 is 0. The monoisotopic (exact) mass is 150 g/mol. The molecule has 1 aliphatic rings. The number of hydrogen-bond acceptors (Lipinski definition) is 5. The Kier molecular flexibility index (Phi) is 2.58. The van der Waals surface area contributed by atoms with Gasteiger partial charge in [0.1, 0.15) is 24.9 Å². The third-order valence-electron chi connectivity index (χ3n) is 1.39. The van der Waals surface area contributed by atoms with Crippen LogP contribution >= 0.6 is 0 Å². The summed E-state index contributed by atoms with van der Waals surface area (Å²) in [5.41, 5.74) is 0. The van der Waals surface area contributed by atoms with Gasteiger partial charge in [-0.05, 0) is 0 Å². The minimum absolute atomic E-state index is 0.0579.